The smallest absolute Gasteiger partial charge is 0.425 e. The van der Waals surface area contributed by atoms with E-state index in [1.807, 2.05) is 0 Å². The Morgan fingerprint density at radius 1 is 1.56 bits per heavy atom. The van der Waals surface area contributed by atoms with Crippen molar-refractivity contribution in [2.24, 2.45) is 4.99 Å². The molecule has 7 heteroatoms. The third kappa shape index (κ3) is 2.93. The van der Waals surface area contributed by atoms with Gasteiger partial charge in [0.1, 0.15) is 11.7 Å². The molecule has 2 heterocycles. The molecule has 0 bridgehead atoms. The van der Waals surface area contributed by atoms with E-state index < -0.39 is 6.09 Å². The van der Waals surface area contributed by atoms with Gasteiger partial charge in [-0.15, -0.1) is 0 Å². The molecule has 0 saturated heterocycles. The largest absolute Gasteiger partial charge is 0.452 e. The number of aliphatic imine (C=N–C) groups is 1. The van der Waals surface area contributed by atoms with Crippen molar-refractivity contribution < 1.29 is 13.9 Å². The monoisotopic (exact) mass is 252 g/mol. The van der Waals surface area contributed by atoms with Crippen LogP contribution in [0.5, 0.6) is 0 Å². The van der Waals surface area contributed by atoms with Crippen molar-refractivity contribution in [1.29, 1.82) is 0 Å². The molecule has 0 fully saturated rings. The SMILES string of the molecule is COC(=O)NNC1=NC(c2cncc(F)c2)CC1. The highest BCUT2D eigenvalue weighted by Crippen LogP contribution is 2.27. The van der Waals surface area contributed by atoms with Gasteiger partial charge < -0.3 is 4.74 Å². The zero-order valence-corrected chi connectivity index (χ0v) is 9.81. The maximum absolute atomic E-state index is 13.0. The van der Waals surface area contributed by atoms with Crippen LogP contribution in [-0.4, -0.2) is 24.0 Å². The number of hydrazine groups is 1. The van der Waals surface area contributed by atoms with E-state index in [4.69, 9.17) is 0 Å². The highest BCUT2D eigenvalue weighted by Gasteiger charge is 2.20. The van der Waals surface area contributed by atoms with Gasteiger partial charge in [-0.05, 0) is 18.1 Å². The van der Waals surface area contributed by atoms with Gasteiger partial charge in [-0.1, -0.05) is 0 Å². The summed E-state index contributed by atoms with van der Waals surface area (Å²) in [5.74, 6) is 0.256. The molecule has 1 atom stereocenters. The number of nitrogens with one attached hydrogen (secondary N) is 2. The molecule has 1 aliphatic rings. The van der Waals surface area contributed by atoms with Crippen LogP contribution in [-0.2, 0) is 4.74 Å². The Kier molecular flexibility index (Phi) is 3.71. The summed E-state index contributed by atoms with van der Waals surface area (Å²) in [6, 6.07) is 1.29. The molecule has 2 N–H and O–H groups in total. The van der Waals surface area contributed by atoms with E-state index in [1.165, 1.54) is 13.2 Å². The summed E-state index contributed by atoms with van der Waals surface area (Å²) in [5.41, 5.74) is 5.71. The first-order chi connectivity index (χ1) is 8.69. The molecule has 1 aromatic rings. The van der Waals surface area contributed by atoms with Crippen molar-refractivity contribution in [2.45, 2.75) is 18.9 Å². The van der Waals surface area contributed by atoms with Gasteiger partial charge in [0, 0.05) is 12.6 Å². The maximum Gasteiger partial charge on any atom is 0.425 e. The van der Waals surface area contributed by atoms with Crippen LogP contribution in [0.4, 0.5) is 9.18 Å². The Morgan fingerprint density at radius 2 is 2.39 bits per heavy atom. The van der Waals surface area contributed by atoms with Crippen molar-refractivity contribution in [3.05, 3.63) is 29.8 Å². The third-order valence-corrected chi connectivity index (χ3v) is 2.57. The fourth-order valence-corrected chi connectivity index (χ4v) is 1.71. The van der Waals surface area contributed by atoms with Gasteiger partial charge in [0.25, 0.3) is 0 Å². The minimum atomic E-state index is -0.589. The lowest BCUT2D eigenvalue weighted by Crippen LogP contribution is -2.40. The van der Waals surface area contributed by atoms with Crippen LogP contribution in [0.25, 0.3) is 0 Å². The fraction of sp³-hybridized carbons (Fsp3) is 0.364. The fourth-order valence-electron chi connectivity index (χ4n) is 1.71. The summed E-state index contributed by atoms with van der Waals surface area (Å²) in [7, 11) is 1.27. The predicted molar refractivity (Wildman–Crippen MR) is 62.3 cm³/mol. The molecule has 0 saturated carbocycles. The van der Waals surface area contributed by atoms with Crippen LogP contribution in [0.1, 0.15) is 24.4 Å². The van der Waals surface area contributed by atoms with Gasteiger partial charge >= 0.3 is 6.09 Å². The number of hydrogen-bond acceptors (Lipinski definition) is 5. The molecule has 1 aromatic heterocycles. The molecule has 1 aliphatic heterocycles. The topological polar surface area (TPSA) is 75.6 Å². The van der Waals surface area contributed by atoms with Crippen molar-refractivity contribution in [2.75, 3.05) is 7.11 Å². The summed E-state index contributed by atoms with van der Waals surface area (Å²) < 4.78 is 17.4. The molecule has 2 rings (SSSR count). The van der Waals surface area contributed by atoms with Crippen LogP contribution in [0.3, 0.4) is 0 Å². The number of methoxy groups -OCH3 is 1. The van der Waals surface area contributed by atoms with Crippen LogP contribution >= 0.6 is 0 Å². The summed E-state index contributed by atoms with van der Waals surface area (Å²) >= 11 is 0. The van der Waals surface area contributed by atoms with Gasteiger partial charge in [-0.2, -0.15) is 0 Å². The number of carbonyl (C=O) groups excluding carboxylic acids is 1. The summed E-state index contributed by atoms with van der Waals surface area (Å²) in [6.07, 6.45) is 3.57. The number of pyridine rings is 1. The number of amidine groups is 1. The molecule has 6 nitrogen and oxygen atoms in total. The van der Waals surface area contributed by atoms with Crippen molar-refractivity contribution in [1.82, 2.24) is 15.8 Å². The Morgan fingerprint density at radius 3 is 3.11 bits per heavy atom. The third-order valence-electron chi connectivity index (χ3n) is 2.57. The number of carbonyl (C=O) groups is 1. The van der Waals surface area contributed by atoms with Crippen LogP contribution in [0.15, 0.2) is 23.5 Å². The Bertz CT molecular complexity index is 478. The molecule has 18 heavy (non-hydrogen) atoms. The van der Waals surface area contributed by atoms with E-state index >= 15 is 0 Å². The molecule has 1 amide bonds. The number of amides is 1. The highest BCUT2D eigenvalue weighted by atomic mass is 19.1. The molecule has 0 aliphatic carbocycles. The van der Waals surface area contributed by atoms with E-state index in [2.05, 4.69) is 25.6 Å². The van der Waals surface area contributed by atoms with E-state index in [9.17, 15) is 9.18 Å². The van der Waals surface area contributed by atoms with Crippen LogP contribution in [0.2, 0.25) is 0 Å². The quantitative estimate of drug-likeness (QED) is 0.739. The number of ether oxygens (including phenoxy) is 1. The molecule has 0 spiro atoms. The Balaban J connectivity index is 1.97. The number of rotatable bonds is 1. The first-order valence-electron chi connectivity index (χ1n) is 5.46. The summed E-state index contributed by atoms with van der Waals surface area (Å²) in [4.78, 5) is 19.0. The van der Waals surface area contributed by atoms with E-state index in [-0.39, 0.29) is 11.9 Å². The average molecular weight is 252 g/mol. The van der Waals surface area contributed by atoms with Gasteiger partial charge in [-0.3, -0.25) is 15.4 Å². The van der Waals surface area contributed by atoms with Gasteiger partial charge in [0.05, 0.1) is 19.3 Å². The number of halogens is 1. The van der Waals surface area contributed by atoms with Crippen LogP contribution < -0.4 is 10.9 Å². The Labute approximate surface area is 103 Å². The van der Waals surface area contributed by atoms with E-state index in [0.717, 1.165) is 18.2 Å². The summed E-state index contributed by atoms with van der Waals surface area (Å²) in [5, 5.41) is 0. The van der Waals surface area contributed by atoms with Crippen LogP contribution in [0, 0.1) is 5.82 Å². The van der Waals surface area contributed by atoms with Gasteiger partial charge in [0.15, 0.2) is 0 Å². The lowest BCUT2D eigenvalue weighted by atomic mass is 10.1. The lowest BCUT2D eigenvalue weighted by molar-refractivity contribution is 0.168. The van der Waals surface area contributed by atoms with Crippen molar-refractivity contribution in [3.63, 3.8) is 0 Å². The first-order valence-corrected chi connectivity index (χ1v) is 5.46. The second-order valence-corrected chi connectivity index (χ2v) is 3.81. The first kappa shape index (κ1) is 12.3. The second kappa shape index (κ2) is 5.44. The van der Waals surface area contributed by atoms with Gasteiger partial charge in [0.2, 0.25) is 0 Å². The van der Waals surface area contributed by atoms with E-state index in [1.54, 1.807) is 6.20 Å². The molecule has 0 radical (unpaired) electrons. The number of aromatic nitrogens is 1. The highest BCUT2D eigenvalue weighted by molar-refractivity contribution is 5.85. The number of nitrogens with zero attached hydrogens (tertiary/aromatic N) is 2. The minimum absolute atomic E-state index is 0.129. The van der Waals surface area contributed by atoms with Crippen molar-refractivity contribution in [3.8, 4) is 0 Å². The molecule has 0 aromatic carbocycles. The molecular weight excluding hydrogens is 239 g/mol. The van der Waals surface area contributed by atoms with Crippen molar-refractivity contribution >= 4 is 11.9 Å². The zero-order chi connectivity index (χ0) is 13.0. The molecular formula is C11H13FN4O2. The minimum Gasteiger partial charge on any atom is -0.452 e. The van der Waals surface area contributed by atoms with Gasteiger partial charge in [-0.25, -0.2) is 14.6 Å². The Hall–Kier alpha value is -2.18. The second-order valence-electron chi connectivity index (χ2n) is 3.81. The molecule has 1 unspecified atom stereocenters. The standard InChI is InChI=1S/C11H13FN4O2/c1-18-11(17)16-15-10-3-2-9(14-10)7-4-8(12)6-13-5-7/h4-6,9H,2-3H2,1H3,(H,14,15)(H,16,17). The predicted octanol–water partition coefficient (Wildman–Crippen LogP) is 1.31. The number of hydrogen-bond donors (Lipinski definition) is 2. The average Bonchev–Trinajstić information content (AvgIpc) is 2.84. The zero-order valence-electron chi connectivity index (χ0n) is 9.81. The summed E-state index contributed by atoms with van der Waals surface area (Å²) in [6.45, 7) is 0. The lowest BCUT2D eigenvalue weighted by Gasteiger charge is -2.06. The maximum atomic E-state index is 13.0. The van der Waals surface area contributed by atoms with E-state index in [0.29, 0.717) is 12.3 Å². The normalized spacial score (nSPS) is 18.1. The molecule has 96 valence electrons.